The number of urea groups is 1. The standard InChI is InChI=1S/C12H15N5O/c1-9-4-3-5-10(15-9)6-13-12(18)16-11-7-14-17(2)8-11/h3-5,7-8H,6H2,1-2H3,(H2,13,16,18). The summed E-state index contributed by atoms with van der Waals surface area (Å²) >= 11 is 0. The molecule has 94 valence electrons. The third-order valence-corrected chi connectivity index (χ3v) is 2.34. The lowest BCUT2D eigenvalue weighted by atomic mass is 10.3. The number of aryl methyl sites for hydroxylation is 2. The monoisotopic (exact) mass is 245 g/mol. The van der Waals surface area contributed by atoms with E-state index in [4.69, 9.17) is 0 Å². The first-order chi connectivity index (χ1) is 8.63. The van der Waals surface area contributed by atoms with E-state index in [0.29, 0.717) is 12.2 Å². The van der Waals surface area contributed by atoms with Crippen molar-refractivity contribution < 1.29 is 4.79 Å². The normalized spacial score (nSPS) is 10.1. The quantitative estimate of drug-likeness (QED) is 0.859. The Morgan fingerprint density at radius 1 is 1.44 bits per heavy atom. The summed E-state index contributed by atoms with van der Waals surface area (Å²) in [6, 6.07) is 5.43. The fourth-order valence-corrected chi connectivity index (χ4v) is 1.53. The van der Waals surface area contributed by atoms with Crippen LogP contribution in [0.5, 0.6) is 0 Å². The maximum absolute atomic E-state index is 11.6. The Morgan fingerprint density at radius 3 is 2.94 bits per heavy atom. The van der Waals surface area contributed by atoms with Gasteiger partial charge in [0.1, 0.15) is 0 Å². The smallest absolute Gasteiger partial charge is 0.319 e. The van der Waals surface area contributed by atoms with Crippen LogP contribution in [0.4, 0.5) is 10.5 Å². The van der Waals surface area contributed by atoms with E-state index >= 15 is 0 Å². The van der Waals surface area contributed by atoms with Crippen LogP contribution in [0.2, 0.25) is 0 Å². The molecule has 6 heteroatoms. The minimum absolute atomic E-state index is 0.272. The summed E-state index contributed by atoms with van der Waals surface area (Å²) in [6.07, 6.45) is 3.31. The van der Waals surface area contributed by atoms with Crippen molar-refractivity contribution in [2.45, 2.75) is 13.5 Å². The van der Waals surface area contributed by atoms with Gasteiger partial charge in [-0.05, 0) is 19.1 Å². The maximum atomic E-state index is 11.6. The van der Waals surface area contributed by atoms with Crippen molar-refractivity contribution >= 4 is 11.7 Å². The average Bonchev–Trinajstić information content (AvgIpc) is 2.72. The van der Waals surface area contributed by atoms with Gasteiger partial charge in [-0.15, -0.1) is 0 Å². The zero-order chi connectivity index (χ0) is 13.0. The second-order valence-electron chi connectivity index (χ2n) is 3.98. The first kappa shape index (κ1) is 12.1. The number of pyridine rings is 1. The molecule has 0 spiro atoms. The van der Waals surface area contributed by atoms with Crippen LogP contribution in [-0.2, 0) is 13.6 Å². The molecule has 0 saturated carbocycles. The van der Waals surface area contributed by atoms with E-state index in [1.165, 1.54) is 0 Å². The average molecular weight is 245 g/mol. The lowest BCUT2D eigenvalue weighted by Gasteiger charge is -2.05. The van der Waals surface area contributed by atoms with Gasteiger partial charge in [-0.2, -0.15) is 5.10 Å². The Labute approximate surface area is 105 Å². The lowest BCUT2D eigenvalue weighted by Crippen LogP contribution is -2.28. The molecule has 0 aromatic carbocycles. The number of anilines is 1. The molecule has 2 amide bonds. The molecule has 0 unspecified atom stereocenters. The van der Waals surface area contributed by atoms with E-state index in [1.807, 2.05) is 25.1 Å². The highest BCUT2D eigenvalue weighted by molar-refractivity contribution is 5.88. The molecule has 0 atom stereocenters. The van der Waals surface area contributed by atoms with Gasteiger partial charge in [0.25, 0.3) is 0 Å². The molecule has 2 aromatic rings. The number of nitrogens with zero attached hydrogens (tertiary/aromatic N) is 3. The number of aromatic nitrogens is 3. The van der Waals surface area contributed by atoms with Crippen LogP contribution in [0.15, 0.2) is 30.6 Å². The van der Waals surface area contributed by atoms with Gasteiger partial charge >= 0.3 is 6.03 Å². The van der Waals surface area contributed by atoms with Crippen molar-refractivity contribution in [2.75, 3.05) is 5.32 Å². The van der Waals surface area contributed by atoms with Crippen LogP contribution >= 0.6 is 0 Å². The third kappa shape index (κ3) is 3.31. The summed E-state index contributed by atoms with van der Waals surface area (Å²) in [6.45, 7) is 2.31. The van der Waals surface area contributed by atoms with E-state index in [-0.39, 0.29) is 6.03 Å². The summed E-state index contributed by atoms with van der Waals surface area (Å²) in [5, 5.41) is 9.38. The van der Waals surface area contributed by atoms with Gasteiger partial charge < -0.3 is 10.6 Å². The molecule has 0 aliphatic heterocycles. The van der Waals surface area contributed by atoms with Gasteiger partial charge in [0.15, 0.2) is 0 Å². The molecule has 6 nitrogen and oxygen atoms in total. The SMILES string of the molecule is Cc1cccc(CNC(=O)Nc2cnn(C)c2)n1. The lowest BCUT2D eigenvalue weighted by molar-refractivity contribution is 0.251. The van der Waals surface area contributed by atoms with Crippen LogP contribution in [-0.4, -0.2) is 20.8 Å². The second-order valence-corrected chi connectivity index (χ2v) is 3.98. The largest absolute Gasteiger partial charge is 0.332 e. The molecule has 18 heavy (non-hydrogen) atoms. The summed E-state index contributed by atoms with van der Waals surface area (Å²) in [5.41, 5.74) is 2.42. The molecule has 0 fully saturated rings. The topological polar surface area (TPSA) is 71.8 Å². The number of nitrogens with one attached hydrogen (secondary N) is 2. The molecule has 0 radical (unpaired) electrons. The zero-order valence-corrected chi connectivity index (χ0v) is 10.3. The molecule has 0 aliphatic carbocycles. The van der Waals surface area contributed by atoms with E-state index < -0.39 is 0 Å². The molecule has 2 N–H and O–H groups in total. The maximum Gasteiger partial charge on any atom is 0.319 e. The van der Waals surface area contributed by atoms with Crippen LogP contribution in [0, 0.1) is 6.92 Å². The van der Waals surface area contributed by atoms with Crippen molar-refractivity contribution in [1.29, 1.82) is 0 Å². The molecule has 2 aromatic heterocycles. The van der Waals surface area contributed by atoms with Gasteiger partial charge in [0.05, 0.1) is 24.1 Å². The Balaban J connectivity index is 1.85. The highest BCUT2D eigenvalue weighted by atomic mass is 16.2. The Kier molecular flexibility index (Phi) is 3.57. The van der Waals surface area contributed by atoms with Crippen molar-refractivity contribution in [3.63, 3.8) is 0 Å². The van der Waals surface area contributed by atoms with E-state index in [1.54, 1.807) is 24.1 Å². The number of rotatable bonds is 3. The van der Waals surface area contributed by atoms with Crippen LogP contribution in [0.25, 0.3) is 0 Å². The Hall–Kier alpha value is -2.37. The van der Waals surface area contributed by atoms with Crippen LogP contribution in [0.1, 0.15) is 11.4 Å². The number of carbonyl (C=O) groups is 1. The fraction of sp³-hybridized carbons (Fsp3) is 0.250. The van der Waals surface area contributed by atoms with Crippen molar-refractivity contribution in [3.05, 3.63) is 42.0 Å². The highest BCUT2D eigenvalue weighted by Gasteiger charge is 2.03. The van der Waals surface area contributed by atoms with Crippen molar-refractivity contribution in [2.24, 2.45) is 7.05 Å². The van der Waals surface area contributed by atoms with Crippen LogP contribution < -0.4 is 10.6 Å². The Bertz CT molecular complexity index is 549. The molecular weight excluding hydrogens is 230 g/mol. The summed E-state index contributed by atoms with van der Waals surface area (Å²) in [4.78, 5) is 15.9. The highest BCUT2D eigenvalue weighted by Crippen LogP contribution is 2.03. The predicted octanol–water partition coefficient (Wildman–Crippen LogP) is 1.45. The Morgan fingerprint density at radius 2 is 2.28 bits per heavy atom. The molecule has 2 rings (SSSR count). The minimum atomic E-state index is -0.272. The molecule has 0 saturated heterocycles. The van der Waals surface area contributed by atoms with Crippen molar-refractivity contribution in [1.82, 2.24) is 20.1 Å². The summed E-state index contributed by atoms with van der Waals surface area (Å²) in [5.74, 6) is 0. The summed E-state index contributed by atoms with van der Waals surface area (Å²) in [7, 11) is 1.79. The van der Waals surface area contributed by atoms with E-state index in [9.17, 15) is 4.79 Å². The number of carbonyl (C=O) groups excluding carboxylic acids is 1. The molecule has 2 heterocycles. The molecular formula is C12H15N5O. The first-order valence-electron chi connectivity index (χ1n) is 5.59. The van der Waals surface area contributed by atoms with E-state index in [2.05, 4.69) is 20.7 Å². The van der Waals surface area contributed by atoms with Crippen molar-refractivity contribution in [3.8, 4) is 0 Å². The first-order valence-corrected chi connectivity index (χ1v) is 5.59. The van der Waals surface area contributed by atoms with Gasteiger partial charge in [-0.3, -0.25) is 9.67 Å². The fourth-order valence-electron chi connectivity index (χ4n) is 1.53. The van der Waals surface area contributed by atoms with E-state index in [0.717, 1.165) is 11.4 Å². The van der Waals surface area contributed by atoms with Gasteiger partial charge in [-0.1, -0.05) is 6.07 Å². The number of hydrogen-bond acceptors (Lipinski definition) is 3. The molecule has 0 aliphatic rings. The van der Waals surface area contributed by atoms with Gasteiger partial charge in [0, 0.05) is 18.9 Å². The zero-order valence-electron chi connectivity index (χ0n) is 10.3. The van der Waals surface area contributed by atoms with Crippen LogP contribution in [0.3, 0.4) is 0 Å². The minimum Gasteiger partial charge on any atom is -0.332 e. The molecule has 0 bridgehead atoms. The summed E-state index contributed by atoms with van der Waals surface area (Å²) < 4.78 is 1.62. The third-order valence-electron chi connectivity index (χ3n) is 2.34. The van der Waals surface area contributed by atoms with Gasteiger partial charge in [0.2, 0.25) is 0 Å². The number of hydrogen-bond donors (Lipinski definition) is 2. The van der Waals surface area contributed by atoms with Gasteiger partial charge in [-0.25, -0.2) is 4.79 Å². The number of amides is 2. The second kappa shape index (κ2) is 5.31. The predicted molar refractivity (Wildman–Crippen MR) is 68.0 cm³/mol.